The molecule has 2 rings (SSSR count). The Kier molecular flexibility index (Phi) is 3.11. The highest BCUT2D eigenvalue weighted by Gasteiger charge is 1.86. The Morgan fingerprint density at radius 3 is 1.36 bits per heavy atom. The fraction of sp³-hybridized carbons (Fsp3) is 0.250. The Labute approximate surface area is 78.5 Å². The first-order valence-corrected chi connectivity index (χ1v) is 3.88. The molecule has 0 radical (unpaired) electrons. The van der Waals surface area contributed by atoms with Crippen LogP contribution < -0.4 is 11.1 Å². The molecule has 0 atom stereocenters. The highest BCUT2D eigenvalue weighted by molar-refractivity contribution is 4.88. The minimum atomic E-state index is -0.183. The number of aromatic amines is 2. The molecule has 2 aromatic rings. The number of hydrogen-bond acceptors (Lipinski definition) is 4. The van der Waals surface area contributed by atoms with Gasteiger partial charge in [-0.25, -0.2) is 0 Å². The number of hydrogen-bond donors (Lipinski definition) is 2. The Morgan fingerprint density at radius 1 is 0.929 bits per heavy atom. The predicted molar refractivity (Wildman–Crippen MR) is 48.1 cm³/mol. The van der Waals surface area contributed by atoms with Crippen molar-refractivity contribution in [3.63, 3.8) is 0 Å². The number of rotatable bonds is 0. The molecule has 14 heavy (non-hydrogen) atoms. The summed E-state index contributed by atoms with van der Waals surface area (Å²) in [6.45, 7) is 3.41. The monoisotopic (exact) mass is 198 g/mol. The van der Waals surface area contributed by atoms with Crippen molar-refractivity contribution in [3.8, 4) is 0 Å². The molecule has 0 saturated carbocycles. The lowest BCUT2D eigenvalue weighted by Crippen LogP contribution is -1.92. The first kappa shape index (κ1) is 10.1. The van der Waals surface area contributed by atoms with Crippen molar-refractivity contribution in [2.75, 3.05) is 0 Å². The van der Waals surface area contributed by atoms with Crippen LogP contribution in [0.15, 0.2) is 30.8 Å². The summed E-state index contributed by atoms with van der Waals surface area (Å²) in [6.07, 6.45) is 0. The van der Waals surface area contributed by atoms with E-state index in [2.05, 4.69) is 19.4 Å². The summed E-state index contributed by atoms with van der Waals surface area (Å²) in [5.74, 6) is 1.23. The van der Waals surface area contributed by atoms with Crippen molar-refractivity contribution in [2.45, 2.75) is 13.8 Å². The molecular formula is C8H10N2O4. The second kappa shape index (κ2) is 4.31. The van der Waals surface area contributed by atoms with Gasteiger partial charge in [0.25, 0.3) is 11.1 Å². The van der Waals surface area contributed by atoms with Gasteiger partial charge in [-0.2, -0.15) is 10.3 Å². The third-order valence-electron chi connectivity index (χ3n) is 1.29. The van der Waals surface area contributed by atoms with Crippen LogP contribution in [0.4, 0.5) is 0 Å². The molecule has 2 heterocycles. The Morgan fingerprint density at radius 2 is 1.29 bits per heavy atom. The molecule has 2 aromatic heterocycles. The Hall–Kier alpha value is -1.98. The zero-order valence-corrected chi connectivity index (χ0v) is 7.79. The van der Waals surface area contributed by atoms with Crippen molar-refractivity contribution in [2.24, 2.45) is 0 Å². The van der Waals surface area contributed by atoms with E-state index in [0.717, 1.165) is 0 Å². The van der Waals surface area contributed by atoms with Crippen molar-refractivity contribution in [1.29, 1.82) is 0 Å². The second-order valence-electron chi connectivity index (χ2n) is 2.65. The summed E-state index contributed by atoms with van der Waals surface area (Å²) in [5.41, 5.74) is -0.366. The van der Waals surface area contributed by atoms with Crippen LogP contribution >= 0.6 is 0 Å². The molecule has 0 saturated heterocycles. The van der Waals surface area contributed by atoms with E-state index < -0.39 is 0 Å². The van der Waals surface area contributed by atoms with Crippen molar-refractivity contribution in [1.82, 2.24) is 10.3 Å². The molecule has 0 unspecified atom stereocenters. The van der Waals surface area contributed by atoms with Crippen molar-refractivity contribution < 1.29 is 9.05 Å². The molecule has 76 valence electrons. The van der Waals surface area contributed by atoms with Gasteiger partial charge in [0.05, 0.1) is 0 Å². The van der Waals surface area contributed by atoms with Crippen LogP contribution in [0, 0.1) is 13.8 Å². The maximum Gasteiger partial charge on any atom is 0.280 e. The summed E-state index contributed by atoms with van der Waals surface area (Å²) >= 11 is 0. The lowest BCUT2D eigenvalue weighted by atomic mass is 10.5. The van der Waals surface area contributed by atoms with Gasteiger partial charge in [-0.05, 0) is 13.8 Å². The van der Waals surface area contributed by atoms with E-state index in [-0.39, 0.29) is 11.1 Å². The summed E-state index contributed by atoms with van der Waals surface area (Å²) in [5, 5.41) is 4.28. The maximum atomic E-state index is 10.1. The van der Waals surface area contributed by atoms with E-state index in [1.165, 1.54) is 12.1 Å². The summed E-state index contributed by atoms with van der Waals surface area (Å²) in [6, 6.07) is 2.78. The van der Waals surface area contributed by atoms with Gasteiger partial charge in [0.15, 0.2) is 0 Å². The zero-order valence-electron chi connectivity index (χ0n) is 7.79. The largest absolute Gasteiger partial charge is 0.384 e. The van der Waals surface area contributed by atoms with Gasteiger partial charge in [0.2, 0.25) is 0 Å². The number of aromatic nitrogens is 2. The highest BCUT2D eigenvalue weighted by Crippen LogP contribution is 1.83. The SMILES string of the molecule is Cc1cc(=O)[nH]o1.Cc1cc(=O)[nH]o1. The summed E-state index contributed by atoms with van der Waals surface area (Å²) < 4.78 is 9.05. The fourth-order valence-electron chi connectivity index (χ4n) is 0.749. The molecule has 0 aliphatic heterocycles. The Balaban J connectivity index is 0.000000140. The van der Waals surface area contributed by atoms with E-state index >= 15 is 0 Å². The molecule has 0 fully saturated rings. The molecule has 0 aliphatic rings. The summed E-state index contributed by atoms with van der Waals surface area (Å²) in [7, 11) is 0. The maximum absolute atomic E-state index is 10.1. The first-order chi connectivity index (χ1) is 6.58. The minimum absolute atomic E-state index is 0.183. The molecule has 6 nitrogen and oxygen atoms in total. The van der Waals surface area contributed by atoms with Crippen LogP contribution in [0.25, 0.3) is 0 Å². The molecule has 0 aromatic carbocycles. The smallest absolute Gasteiger partial charge is 0.280 e. The van der Waals surface area contributed by atoms with E-state index in [0.29, 0.717) is 11.5 Å². The topological polar surface area (TPSA) is 92.0 Å². The lowest BCUT2D eigenvalue weighted by Gasteiger charge is -1.66. The molecule has 0 bridgehead atoms. The molecule has 0 aliphatic carbocycles. The lowest BCUT2D eigenvalue weighted by molar-refractivity contribution is 0.392. The number of H-pyrrole nitrogens is 2. The van der Waals surface area contributed by atoms with Gasteiger partial charge in [0.1, 0.15) is 11.5 Å². The van der Waals surface area contributed by atoms with E-state index in [1.807, 2.05) is 0 Å². The number of nitrogens with one attached hydrogen (secondary N) is 2. The van der Waals surface area contributed by atoms with Crippen LogP contribution in [0.5, 0.6) is 0 Å². The normalized spacial score (nSPS) is 9.29. The average Bonchev–Trinajstić information content (AvgIpc) is 2.63. The second-order valence-corrected chi connectivity index (χ2v) is 2.65. The van der Waals surface area contributed by atoms with Crippen LogP contribution in [0.1, 0.15) is 11.5 Å². The van der Waals surface area contributed by atoms with Crippen LogP contribution in [-0.4, -0.2) is 10.3 Å². The van der Waals surface area contributed by atoms with Gasteiger partial charge in [-0.1, -0.05) is 0 Å². The average molecular weight is 198 g/mol. The van der Waals surface area contributed by atoms with Crippen molar-refractivity contribution in [3.05, 3.63) is 44.4 Å². The van der Waals surface area contributed by atoms with Crippen LogP contribution in [-0.2, 0) is 0 Å². The van der Waals surface area contributed by atoms with Gasteiger partial charge in [-0.15, -0.1) is 0 Å². The highest BCUT2D eigenvalue weighted by atomic mass is 16.5. The predicted octanol–water partition coefficient (Wildman–Crippen LogP) is 0.553. The van der Waals surface area contributed by atoms with Gasteiger partial charge < -0.3 is 9.05 Å². The molecule has 0 spiro atoms. The number of aryl methyl sites for hydroxylation is 2. The summed E-state index contributed by atoms with van der Waals surface area (Å²) in [4.78, 5) is 20.3. The Bertz CT molecular complexity index is 441. The third kappa shape index (κ3) is 3.18. The third-order valence-corrected chi connectivity index (χ3v) is 1.29. The van der Waals surface area contributed by atoms with E-state index in [9.17, 15) is 9.59 Å². The van der Waals surface area contributed by atoms with Crippen molar-refractivity contribution >= 4 is 0 Å². The molecule has 6 heteroatoms. The van der Waals surface area contributed by atoms with Gasteiger partial charge in [0, 0.05) is 12.1 Å². The van der Waals surface area contributed by atoms with Crippen LogP contribution in [0.2, 0.25) is 0 Å². The van der Waals surface area contributed by atoms with Gasteiger partial charge >= 0.3 is 0 Å². The molecule has 0 amide bonds. The van der Waals surface area contributed by atoms with E-state index in [4.69, 9.17) is 0 Å². The van der Waals surface area contributed by atoms with Gasteiger partial charge in [-0.3, -0.25) is 9.59 Å². The van der Waals surface area contributed by atoms with Crippen LogP contribution in [0.3, 0.4) is 0 Å². The molecular weight excluding hydrogens is 188 g/mol. The zero-order chi connectivity index (χ0) is 10.6. The standard InChI is InChI=1S/2C4H5NO2/c2*1-3-2-4(6)5-7-3/h2*2H,1H3,(H,5,6). The quantitative estimate of drug-likeness (QED) is 0.646. The first-order valence-electron chi connectivity index (χ1n) is 3.88. The minimum Gasteiger partial charge on any atom is -0.384 e. The molecule has 2 N–H and O–H groups in total. The van der Waals surface area contributed by atoms with E-state index in [1.54, 1.807) is 13.8 Å². The fourth-order valence-corrected chi connectivity index (χ4v) is 0.749.